The number of nitrogens with zero attached hydrogens (tertiary/aromatic N) is 1. The van der Waals surface area contributed by atoms with Gasteiger partial charge in [0.05, 0.1) is 27.7 Å². The van der Waals surface area contributed by atoms with Crippen LogP contribution >= 0.6 is 0 Å². The molecular weight excluding hydrogens is 400 g/mol. The van der Waals surface area contributed by atoms with Gasteiger partial charge in [0.1, 0.15) is 28.1 Å². The van der Waals surface area contributed by atoms with Crippen LogP contribution in [0.2, 0.25) is 0 Å². The second-order valence-electron chi connectivity index (χ2n) is 5.32. The Hall–Kier alpha value is -2.87. The highest BCUT2D eigenvalue weighted by Gasteiger charge is 2.58. The molecule has 1 atom stereocenters. The first kappa shape index (κ1) is 18.9. The van der Waals surface area contributed by atoms with Crippen LogP contribution in [0.4, 0.5) is 26.3 Å². The average molecular weight is 405 g/mol. The van der Waals surface area contributed by atoms with Crippen molar-refractivity contribution in [3.63, 3.8) is 0 Å². The van der Waals surface area contributed by atoms with Crippen molar-refractivity contribution in [3.05, 3.63) is 52.8 Å². The normalized spacial score (nSPS) is 18.1. The molecule has 0 bridgehead atoms. The molecule has 27 heavy (non-hydrogen) atoms. The molecule has 0 aromatic heterocycles. The van der Waals surface area contributed by atoms with Crippen molar-refractivity contribution in [2.75, 3.05) is 0 Å². The van der Waals surface area contributed by atoms with Crippen LogP contribution in [-0.2, 0) is 17.0 Å². The zero-order valence-corrected chi connectivity index (χ0v) is 13.6. The number of nitriles is 1. The Bertz CT molecular complexity index is 1040. The molecular formula is C16H5F6NO3S. The van der Waals surface area contributed by atoms with E-state index in [0.29, 0.717) is 12.1 Å². The summed E-state index contributed by atoms with van der Waals surface area (Å²) in [6, 6.07) is 5.09. The lowest BCUT2D eigenvalue weighted by atomic mass is 10.1. The lowest BCUT2D eigenvalue weighted by molar-refractivity contribution is -0.139. The lowest BCUT2D eigenvalue weighted by Gasteiger charge is -2.14. The zero-order chi connectivity index (χ0) is 20.1. The summed E-state index contributed by atoms with van der Waals surface area (Å²) < 4.78 is 97.3. The molecule has 3 rings (SSSR count). The first-order chi connectivity index (χ1) is 12.5. The van der Waals surface area contributed by atoms with Crippen molar-refractivity contribution in [2.45, 2.75) is 16.3 Å². The highest BCUT2D eigenvalue weighted by Crippen LogP contribution is 2.48. The molecule has 0 aliphatic carbocycles. The van der Waals surface area contributed by atoms with Gasteiger partial charge in [0.15, 0.2) is 0 Å². The SMILES string of the molecule is N#Cc1cc(F)cc(Oc2ccc(C(F)(F)F)c3c2C(=O)C(F)(F)S3=O)c1. The van der Waals surface area contributed by atoms with Crippen LogP contribution < -0.4 is 4.74 Å². The van der Waals surface area contributed by atoms with Crippen molar-refractivity contribution in [1.29, 1.82) is 5.26 Å². The number of Topliss-reactive ketones (excluding diaryl/α,β-unsaturated/α-hetero) is 1. The van der Waals surface area contributed by atoms with Gasteiger partial charge in [-0.05, 0) is 24.3 Å². The van der Waals surface area contributed by atoms with Crippen LogP contribution in [0.15, 0.2) is 35.2 Å². The molecule has 4 nitrogen and oxygen atoms in total. The molecule has 1 unspecified atom stereocenters. The fraction of sp³-hybridized carbons (Fsp3) is 0.125. The smallest absolute Gasteiger partial charge is 0.417 e. The molecule has 1 heterocycles. The van der Waals surface area contributed by atoms with Gasteiger partial charge in [-0.15, -0.1) is 0 Å². The van der Waals surface area contributed by atoms with Crippen LogP contribution in [0.25, 0.3) is 0 Å². The molecule has 1 aliphatic heterocycles. The molecule has 2 aromatic carbocycles. The number of carbonyl (C=O) groups excluding carboxylic acids is 1. The second kappa shape index (κ2) is 6.09. The minimum Gasteiger partial charge on any atom is -0.456 e. The van der Waals surface area contributed by atoms with Gasteiger partial charge in [0, 0.05) is 6.07 Å². The maximum atomic E-state index is 13.8. The molecule has 0 saturated heterocycles. The van der Waals surface area contributed by atoms with Crippen LogP contribution in [0, 0.1) is 17.1 Å². The molecule has 0 saturated carbocycles. The summed E-state index contributed by atoms with van der Waals surface area (Å²) in [6.07, 6.45) is -5.15. The first-order valence-electron chi connectivity index (χ1n) is 6.94. The Morgan fingerprint density at radius 2 is 1.81 bits per heavy atom. The second-order valence-corrected chi connectivity index (χ2v) is 6.78. The highest BCUT2D eigenvalue weighted by molar-refractivity contribution is 7.87. The van der Waals surface area contributed by atoms with Gasteiger partial charge < -0.3 is 4.74 Å². The number of hydrogen-bond acceptors (Lipinski definition) is 4. The van der Waals surface area contributed by atoms with E-state index in [-0.39, 0.29) is 5.56 Å². The third kappa shape index (κ3) is 3.06. The lowest BCUT2D eigenvalue weighted by Crippen LogP contribution is -2.26. The average Bonchev–Trinajstić information content (AvgIpc) is 2.75. The molecule has 0 amide bonds. The fourth-order valence-electron chi connectivity index (χ4n) is 2.45. The molecule has 0 radical (unpaired) electrons. The first-order valence-corrected chi connectivity index (χ1v) is 8.09. The standard InChI is InChI=1S/C16H5F6NO3S/c17-8-3-7(6-23)4-9(5-8)26-11-2-1-10(15(18,19)20)13-12(11)14(24)16(21,22)27(13)25/h1-5H. The number of rotatable bonds is 2. The summed E-state index contributed by atoms with van der Waals surface area (Å²) in [4.78, 5) is 10.5. The van der Waals surface area contributed by atoms with Crippen molar-refractivity contribution >= 4 is 16.6 Å². The van der Waals surface area contributed by atoms with E-state index in [2.05, 4.69) is 0 Å². The molecule has 140 valence electrons. The maximum Gasteiger partial charge on any atom is 0.417 e. The zero-order valence-electron chi connectivity index (χ0n) is 12.7. The predicted octanol–water partition coefficient (Wildman–Crippen LogP) is 4.41. The predicted molar refractivity (Wildman–Crippen MR) is 78.3 cm³/mol. The van der Waals surface area contributed by atoms with Crippen molar-refractivity contribution in [1.82, 2.24) is 0 Å². The van der Waals surface area contributed by atoms with Gasteiger partial charge in [-0.3, -0.25) is 4.79 Å². The van der Waals surface area contributed by atoms with Crippen molar-refractivity contribution in [3.8, 4) is 17.6 Å². The van der Waals surface area contributed by atoms with E-state index >= 15 is 0 Å². The number of carbonyl (C=O) groups is 1. The topological polar surface area (TPSA) is 67.2 Å². The van der Waals surface area contributed by atoms with E-state index in [1.807, 2.05) is 0 Å². The van der Waals surface area contributed by atoms with Gasteiger partial charge in [0.2, 0.25) is 0 Å². The largest absolute Gasteiger partial charge is 0.456 e. The Labute approximate surface area is 149 Å². The van der Waals surface area contributed by atoms with Gasteiger partial charge in [-0.25, -0.2) is 8.60 Å². The summed E-state index contributed by atoms with van der Waals surface area (Å²) in [5, 5.41) is 4.22. The minimum atomic E-state index is -5.15. The summed E-state index contributed by atoms with van der Waals surface area (Å²) >= 11 is 0. The van der Waals surface area contributed by atoms with E-state index < -0.39 is 61.4 Å². The third-order valence-corrected chi connectivity index (χ3v) is 5.01. The number of halogens is 6. The Morgan fingerprint density at radius 1 is 1.15 bits per heavy atom. The number of ketones is 1. The Kier molecular flexibility index (Phi) is 4.26. The molecule has 2 aromatic rings. The van der Waals surface area contributed by atoms with Crippen LogP contribution in [0.1, 0.15) is 21.5 Å². The monoisotopic (exact) mass is 405 g/mol. The number of alkyl halides is 5. The van der Waals surface area contributed by atoms with Gasteiger partial charge in [-0.2, -0.15) is 27.2 Å². The van der Waals surface area contributed by atoms with Gasteiger partial charge >= 0.3 is 11.4 Å². The van der Waals surface area contributed by atoms with E-state index in [1.165, 1.54) is 0 Å². The van der Waals surface area contributed by atoms with Gasteiger partial charge in [0.25, 0.3) is 5.78 Å². The number of benzene rings is 2. The van der Waals surface area contributed by atoms with Crippen LogP contribution in [-0.4, -0.2) is 15.2 Å². The highest BCUT2D eigenvalue weighted by atomic mass is 32.2. The Morgan fingerprint density at radius 3 is 2.41 bits per heavy atom. The van der Waals surface area contributed by atoms with E-state index in [9.17, 15) is 35.3 Å². The molecule has 11 heteroatoms. The summed E-state index contributed by atoms with van der Waals surface area (Å²) in [5.41, 5.74) is -3.07. The van der Waals surface area contributed by atoms with Gasteiger partial charge in [-0.1, -0.05) is 0 Å². The molecule has 0 spiro atoms. The fourth-order valence-corrected chi connectivity index (χ4v) is 3.74. The Balaban J connectivity index is 2.21. The van der Waals surface area contributed by atoms with Crippen LogP contribution in [0.3, 0.4) is 0 Å². The van der Waals surface area contributed by atoms with E-state index in [0.717, 1.165) is 18.2 Å². The minimum absolute atomic E-state index is 0.214. The number of ether oxygens (including phenoxy) is 1. The summed E-state index contributed by atoms with van der Waals surface area (Å²) in [7, 11) is -3.58. The van der Waals surface area contributed by atoms with Crippen molar-refractivity contribution in [2.24, 2.45) is 0 Å². The van der Waals surface area contributed by atoms with E-state index in [4.69, 9.17) is 10.00 Å². The van der Waals surface area contributed by atoms with E-state index in [1.54, 1.807) is 6.07 Å². The third-order valence-electron chi connectivity index (χ3n) is 3.56. The molecule has 0 fully saturated rings. The maximum absolute atomic E-state index is 13.8. The van der Waals surface area contributed by atoms with Crippen molar-refractivity contribution < 1.29 is 40.1 Å². The molecule has 0 N–H and O–H groups in total. The summed E-state index contributed by atoms with van der Waals surface area (Å²) in [6.45, 7) is 0. The number of hydrogen-bond donors (Lipinski definition) is 0. The molecule has 1 aliphatic rings. The number of fused-ring (bicyclic) bond motifs is 1. The summed E-state index contributed by atoms with van der Waals surface area (Å²) in [5.74, 6) is -4.22. The quantitative estimate of drug-likeness (QED) is 0.695. The van der Waals surface area contributed by atoms with Crippen LogP contribution in [0.5, 0.6) is 11.5 Å².